The van der Waals surface area contributed by atoms with Gasteiger partial charge in [-0.3, -0.25) is 4.90 Å². The second-order valence-corrected chi connectivity index (χ2v) is 7.54. The molecule has 7 nitrogen and oxygen atoms in total. The summed E-state index contributed by atoms with van der Waals surface area (Å²) in [6.45, 7) is 1.79. The summed E-state index contributed by atoms with van der Waals surface area (Å²) in [5, 5.41) is 8.41. The molecule has 0 bridgehead atoms. The van der Waals surface area contributed by atoms with Gasteiger partial charge in [0.2, 0.25) is 0 Å². The van der Waals surface area contributed by atoms with Gasteiger partial charge >= 0.3 is 6.03 Å². The van der Waals surface area contributed by atoms with Gasteiger partial charge in [0.05, 0.1) is 25.8 Å². The molecule has 0 aliphatic carbocycles. The summed E-state index contributed by atoms with van der Waals surface area (Å²) in [6.07, 6.45) is -0.529. The van der Waals surface area contributed by atoms with Crippen molar-refractivity contribution in [3.63, 3.8) is 0 Å². The predicted molar refractivity (Wildman–Crippen MR) is 109 cm³/mol. The molecule has 2 aliphatic rings. The van der Waals surface area contributed by atoms with Crippen LogP contribution in [0.2, 0.25) is 10.0 Å². The number of amides is 2. The van der Waals surface area contributed by atoms with Crippen LogP contribution in [0.3, 0.4) is 0 Å². The first-order chi connectivity index (χ1) is 14.1. The van der Waals surface area contributed by atoms with Gasteiger partial charge < -0.3 is 9.47 Å². The lowest BCUT2D eigenvalue weighted by Crippen LogP contribution is -2.48. The lowest BCUT2D eigenvalue weighted by Gasteiger charge is -2.40. The molecule has 0 N–H and O–H groups in total. The molecule has 0 saturated carbocycles. The van der Waals surface area contributed by atoms with Crippen LogP contribution in [0.15, 0.2) is 63.8 Å². The first kappa shape index (κ1) is 20.1. The fourth-order valence-electron chi connectivity index (χ4n) is 3.40. The van der Waals surface area contributed by atoms with Crippen LogP contribution >= 0.6 is 23.2 Å². The lowest BCUT2D eigenvalue weighted by atomic mass is 10.0. The van der Waals surface area contributed by atoms with Crippen LogP contribution in [-0.2, 0) is 16.1 Å². The van der Waals surface area contributed by atoms with E-state index in [1.807, 2.05) is 42.5 Å². The first-order valence-electron chi connectivity index (χ1n) is 9.09. The van der Waals surface area contributed by atoms with Crippen molar-refractivity contribution in [1.29, 1.82) is 0 Å². The third-order valence-electron chi connectivity index (χ3n) is 4.61. The number of urea groups is 1. The lowest BCUT2D eigenvalue weighted by molar-refractivity contribution is -0.214. The zero-order chi connectivity index (χ0) is 20.2. The van der Waals surface area contributed by atoms with E-state index in [9.17, 15) is 4.79 Å². The van der Waals surface area contributed by atoms with Gasteiger partial charge in [-0.2, -0.15) is 4.99 Å². The van der Waals surface area contributed by atoms with E-state index in [0.717, 1.165) is 11.1 Å². The van der Waals surface area contributed by atoms with Crippen molar-refractivity contribution in [2.45, 2.75) is 18.9 Å². The maximum atomic E-state index is 11.3. The van der Waals surface area contributed by atoms with Crippen LogP contribution in [0.4, 0.5) is 4.79 Å². The Hall–Kier alpha value is -2.16. The highest BCUT2D eigenvalue weighted by molar-refractivity contribution is 6.34. The molecule has 2 aliphatic heterocycles. The van der Waals surface area contributed by atoms with E-state index in [2.05, 4.69) is 20.1 Å². The second kappa shape index (κ2) is 9.11. The Bertz CT molecular complexity index is 932. The molecule has 1 saturated heterocycles. The molecule has 2 heterocycles. The number of nitrogens with zero attached hydrogens (tertiary/aromatic N) is 4. The van der Waals surface area contributed by atoms with Gasteiger partial charge in [-0.25, -0.2) is 4.79 Å². The van der Waals surface area contributed by atoms with E-state index in [1.54, 1.807) is 6.07 Å². The Morgan fingerprint density at radius 3 is 2.55 bits per heavy atom. The highest BCUT2D eigenvalue weighted by Crippen LogP contribution is 2.31. The van der Waals surface area contributed by atoms with Crippen molar-refractivity contribution in [3.8, 4) is 0 Å². The van der Waals surface area contributed by atoms with Crippen LogP contribution in [0.25, 0.3) is 0 Å². The van der Waals surface area contributed by atoms with Crippen LogP contribution < -0.4 is 0 Å². The quantitative estimate of drug-likeness (QED) is 0.650. The molecule has 4 rings (SSSR count). The molecule has 0 unspecified atom stereocenters. The van der Waals surface area contributed by atoms with Gasteiger partial charge in [0.25, 0.3) is 0 Å². The van der Waals surface area contributed by atoms with E-state index in [4.69, 9.17) is 32.7 Å². The van der Waals surface area contributed by atoms with E-state index in [1.165, 1.54) is 0 Å². The summed E-state index contributed by atoms with van der Waals surface area (Å²) in [5.41, 5.74) is 1.89. The number of ether oxygens (including phenoxy) is 2. The Balaban J connectivity index is 1.54. The van der Waals surface area contributed by atoms with Crippen LogP contribution in [0.5, 0.6) is 0 Å². The average Bonchev–Trinajstić information content (AvgIpc) is 3.11. The molecule has 1 fully saturated rings. The molecule has 150 valence electrons. The van der Waals surface area contributed by atoms with Crippen molar-refractivity contribution < 1.29 is 14.3 Å². The molecule has 2 aromatic rings. The molecule has 29 heavy (non-hydrogen) atoms. The number of rotatable bonds is 6. The predicted octanol–water partition coefficient (Wildman–Crippen LogP) is 4.89. The second-order valence-electron chi connectivity index (χ2n) is 6.66. The minimum Gasteiger partial charge on any atom is -0.349 e. The van der Waals surface area contributed by atoms with Crippen molar-refractivity contribution >= 4 is 35.1 Å². The zero-order valence-corrected chi connectivity index (χ0v) is 16.9. The van der Waals surface area contributed by atoms with Crippen molar-refractivity contribution in [3.05, 3.63) is 69.7 Å². The van der Waals surface area contributed by atoms with Crippen molar-refractivity contribution in [2.24, 2.45) is 15.2 Å². The monoisotopic (exact) mass is 432 g/mol. The van der Waals surface area contributed by atoms with Crippen molar-refractivity contribution in [1.82, 2.24) is 4.90 Å². The number of azo groups is 1. The average molecular weight is 433 g/mol. The number of morpholine rings is 1. The largest absolute Gasteiger partial charge is 0.387 e. The molecule has 0 radical (unpaired) electrons. The fourth-order valence-corrected chi connectivity index (χ4v) is 3.97. The Kier molecular flexibility index (Phi) is 6.32. The summed E-state index contributed by atoms with van der Waals surface area (Å²) >= 11 is 12.2. The zero-order valence-electron chi connectivity index (χ0n) is 15.4. The smallest absolute Gasteiger partial charge is 0.349 e. The number of hydrogen-bond acceptors (Lipinski definition) is 5. The van der Waals surface area contributed by atoms with E-state index >= 15 is 0 Å². The molecule has 2 aromatic carbocycles. The van der Waals surface area contributed by atoms with Gasteiger partial charge in [0, 0.05) is 16.6 Å². The molecule has 9 heteroatoms. The van der Waals surface area contributed by atoms with Crippen molar-refractivity contribution in [2.75, 3.05) is 19.7 Å². The third-order valence-corrected chi connectivity index (χ3v) is 5.05. The normalized spacial score (nSPS) is 22.1. The number of halogens is 2. The number of carbonyl (C=O) groups is 1. The maximum Gasteiger partial charge on any atom is 0.387 e. The van der Waals surface area contributed by atoms with Crippen LogP contribution in [0.1, 0.15) is 17.2 Å². The number of benzene rings is 2. The standard InChI is InChI=1S/C20H18Cl2N4O3/c21-15-8-13(9-16(22)10-15)12-29-19-18(14-4-2-1-3-5-14)26(6-7-28-19)11-17-23-20(27)25-24-17/h1-5,8-10,18-19H,6-7,11-12H2/t18-,19+/m0/s1. The van der Waals surface area contributed by atoms with Gasteiger partial charge in [-0.1, -0.05) is 58.6 Å². The topological polar surface area (TPSA) is 75.9 Å². The molecule has 2 atom stereocenters. The molecular formula is C20H18Cl2N4O3. The summed E-state index contributed by atoms with van der Waals surface area (Å²) in [5.74, 6) is 0.387. The van der Waals surface area contributed by atoms with Gasteiger partial charge in [-0.05, 0) is 29.3 Å². The minimum atomic E-state index is -0.574. The minimum absolute atomic E-state index is 0.201. The molecule has 2 amide bonds. The van der Waals surface area contributed by atoms with Crippen LogP contribution in [-0.4, -0.2) is 42.8 Å². The summed E-state index contributed by atoms with van der Waals surface area (Å²) in [7, 11) is 0. The fraction of sp³-hybridized carbons (Fsp3) is 0.300. The van der Waals surface area contributed by atoms with Gasteiger partial charge in [-0.15, -0.1) is 5.11 Å². The molecule has 0 spiro atoms. The summed E-state index contributed by atoms with van der Waals surface area (Å²) in [6, 6.07) is 14.4. The highest BCUT2D eigenvalue weighted by Gasteiger charge is 2.35. The summed E-state index contributed by atoms with van der Waals surface area (Å²) < 4.78 is 12.1. The van der Waals surface area contributed by atoms with E-state index < -0.39 is 12.3 Å². The van der Waals surface area contributed by atoms with E-state index in [-0.39, 0.29) is 6.04 Å². The number of amidine groups is 1. The van der Waals surface area contributed by atoms with Gasteiger partial charge in [0.1, 0.15) is 0 Å². The number of aliphatic imine (C=N–C) groups is 1. The Morgan fingerprint density at radius 2 is 1.86 bits per heavy atom. The maximum absolute atomic E-state index is 11.3. The number of hydrogen-bond donors (Lipinski definition) is 0. The third kappa shape index (κ3) is 5.07. The Labute approximate surface area is 177 Å². The van der Waals surface area contributed by atoms with E-state index in [0.29, 0.717) is 42.2 Å². The van der Waals surface area contributed by atoms with Crippen LogP contribution in [0, 0.1) is 0 Å². The van der Waals surface area contributed by atoms with Gasteiger partial charge in [0.15, 0.2) is 12.1 Å². The summed E-state index contributed by atoms with van der Waals surface area (Å²) in [4.78, 5) is 17.3. The SMILES string of the molecule is O=C1N=NC(CN2CCO[C@H](OCc3cc(Cl)cc(Cl)c3)[C@@H]2c2ccccc2)=N1. The molecular weight excluding hydrogens is 415 g/mol. The Morgan fingerprint density at radius 1 is 1.10 bits per heavy atom. The number of carbonyl (C=O) groups excluding carboxylic acids is 1. The first-order valence-corrected chi connectivity index (χ1v) is 9.84. The molecule has 0 aromatic heterocycles. The highest BCUT2D eigenvalue weighted by atomic mass is 35.5.